The number of anilines is 1. The zero-order valence-electron chi connectivity index (χ0n) is 14.4. The molecule has 1 unspecified atom stereocenters. The van der Waals surface area contributed by atoms with Gasteiger partial charge in [-0.2, -0.15) is 0 Å². The molecular weight excluding hydrogens is 292 g/mol. The van der Waals surface area contributed by atoms with Gasteiger partial charge in [-0.3, -0.25) is 4.79 Å². The fourth-order valence-corrected chi connectivity index (χ4v) is 3.23. The number of ether oxygens (including phenoxy) is 2. The van der Waals surface area contributed by atoms with Crippen LogP contribution < -0.4 is 20.5 Å². The van der Waals surface area contributed by atoms with E-state index in [1.165, 1.54) is 32.1 Å². The van der Waals surface area contributed by atoms with Gasteiger partial charge >= 0.3 is 0 Å². The Morgan fingerprint density at radius 1 is 1.22 bits per heavy atom. The number of amides is 1. The van der Waals surface area contributed by atoms with Crippen molar-refractivity contribution in [1.29, 1.82) is 0 Å². The Labute approximate surface area is 138 Å². The highest BCUT2D eigenvalue weighted by Gasteiger charge is 2.22. The topological polar surface area (TPSA) is 73.6 Å². The first-order valence-electron chi connectivity index (χ1n) is 8.34. The Bertz CT molecular complexity index is 539. The average Bonchev–Trinajstić information content (AvgIpc) is 2.57. The van der Waals surface area contributed by atoms with Crippen molar-refractivity contribution in [1.82, 2.24) is 0 Å². The Morgan fingerprint density at radius 2 is 1.83 bits per heavy atom. The highest BCUT2D eigenvalue weighted by Crippen LogP contribution is 2.33. The van der Waals surface area contributed by atoms with Crippen LogP contribution in [0.5, 0.6) is 11.5 Å². The largest absolute Gasteiger partial charge is 0.493 e. The number of benzene rings is 1. The second kappa shape index (κ2) is 8.20. The number of aryl methyl sites for hydroxylation is 1. The summed E-state index contributed by atoms with van der Waals surface area (Å²) in [7, 11) is 3.17. The van der Waals surface area contributed by atoms with Crippen molar-refractivity contribution in [3.63, 3.8) is 0 Å². The van der Waals surface area contributed by atoms with Crippen LogP contribution in [0.25, 0.3) is 0 Å². The van der Waals surface area contributed by atoms with Gasteiger partial charge in [0.05, 0.1) is 20.3 Å². The van der Waals surface area contributed by atoms with Crippen LogP contribution in [0, 0.1) is 12.8 Å². The number of rotatable bonds is 6. The van der Waals surface area contributed by atoms with Gasteiger partial charge in [0.25, 0.3) is 0 Å². The van der Waals surface area contributed by atoms with Gasteiger partial charge in [0, 0.05) is 11.8 Å². The fraction of sp³-hybridized carbons (Fsp3) is 0.611. The summed E-state index contributed by atoms with van der Waals surface area (Å²) in [5, 5.41) is 2.93. The lowest BCUT2D eigenvalue weighted by atomic mass is 9.85. The first kappa shape index (κ1) is 17.6. The van der Waals surface area contributed by atoms with Crippen LogP contribution >= 0.6 is 0 Å². The molecule has 5 heteroatoms. The predicted molar refractivity (Wildman–Crippen MR) is 92.1 cm³/mol. The molecular formula is C18H28N2O3. The highest BCUT2D eigenvalue weighted by atomic mass is 16.5. The molecule has 0 heterocycles. The van der Waals surface area contributed by atoms with Crippen LogP contribution in [0.1, 0.15) is 44.1 Å². The van der Waals surface area contributed by atoms with Gasteiger partial charge in [-0.15, -0.1) is 0 Å². The lowest BCUT2D eigenvalue weighted by Gasteiger charge is -2.24. The predicted octanol–water partition coefficient (Wildman–Crippen LogP) is 3.25. The molecule has 1 aliphatic rings. The smallest absolute Gasteiger partial charge is 0.241 e. The van der Waals surface area contributed by atoms with E-state index in [9.17, 15) is 4.79 Å². The molecule has 1 aromatic carbocycles. The minimum atomic E-state index is -0.467. The number of nitrogens with one attached hydrogen (secondary N) is 1. The molecule has 0 spiro atoms. The van der Waals surface area contributed by atoms with Crippen LogP contribution in [0.3, 0.4) is 0 Å². The minimum Gasteiger partial charge on any atom is -0.493 e. The molecule has 128 valence electrons. The van der Waals surface area contributed by atoms with Gasteiger partial charge in [0.2, 0.25) is 5.91 Å². The third-order valence-electron chi connectivity index (χ3n) is 4.64. The van der Waals surface area contributed by atoms with E-state index in [0.717, 1.165) is 12.0 Å². The lowest BCUT2D eigenvalue weighted by Crippen LogP contribution is -2.37. The molecule has 1 aliphatic carbocycles. The van der Waals surface area contributed by atoms with Gasteiger partial charge in [-0.25, -0.2) is 0 Å². The molecule has 1 amide bonds. The van der Waals surface area contributed by atoms with Crippen LogP contribution in [-0.2, 0) is 4.79 Å². The van der Waals surface area contributed by atoms with Crippen LogP contribution in [0.4, 0.5) is 5.69 Å². The summed E-state index contributed by atoms with van der Waals surface area (Å²) in [4.78, 5) is 12.4. The van der Waals surface area contributed by atoms with Crippen molar-refractivity contribution >= 4 is 11.6 Å². The van der Waals surface area contributed by atoms with Gasteiger partial charge in [0.1, 0.15) is 0 Å². The third-order valence-corrected chi connectivity index (χ3v) is 4.64. The van der Waals surface area contributed by atoms with E-state index in [0.29, 0.717) is 23.1 Å². The quantitative estimate of drug-likeness (QED) is 0.844. The normalized spacial score (nSPS) is 16.7. The second-order valence-electron chi connectivity index (χ2n) is 6.36. The molecule has 0 aromatic heterocycles. The maximum Gasteiger partial charge on any atom is 0.241 e. The molecule has 0 bridgehead atoms. The van der Waals surface area contributed by atoms with Gasteiger partial charge in [0.15, 0.2) is 11.5 Å². The molecule has 23 heavy (non-hydrogen) atoms. The van der Waals surface area contributed by atoms with E-state index in [-0.39, 0.29) is 5.91 Å². The number of nitrogens with two attached hydrogens (primary N) is 1. The summed E-state index contributed by atoms with van der Waals surface area (Å²) in [5.41, 5.74) is 7.74. The van der Waals surface area contributed by atoms with Crippen molar-refractivity contribution in [3.8, 4) is 11.5 Å². The molecule has 3 N–H and O–H groups in total. The second-order valence-corrected chi connectivity index (χ2v) is 6.36. The van der Waals surface area contributed by atoms with Crippen molar-refractivity contribution in [3.05, 3.63) is 17.7 Å². The maximum absolute atomic E-state index is 12.4. The molecule has 2 rings (SSSR count). The van der Waals surface area contributed by atoms with Crippen LogP contribution in [-0.4, -0.2) is 26.2 Å². The zero-order valence-corrected chi connectivity index (χ0v) is 14.4. The number of hydrogen-bond acceptors (Lipinski definition) is 4. The maximum atomic E-state index is 12.4. The summed E-state index contributed by atoms with van der Waals surface area (Å²) < 4.78 is 10.6. The summed E-state index contributed by atoms with van der Waals surface area (Å²) in [6.45, 7) is 1.92. The molecule has 1 saturated carbocycles. The number of carbonyl (C=O) groups excluding carboxylic acids is 1. The zero-order chi connectivity index (χ0) is 16.8. The van der Waals surface area contributed by atoms with E-state index >= 15 is 0 Å². The minimum absolute atomic E-state index is 0.133. The first-order valence-corrected chi connectivity index (χ1v) is 8.34. The van der Waals surface area contributed by atoms with E-state index in [1.807, 2.05) is 13.0 Å². The Hall–Kier alpha value is -1.75. The molecule has 1 fully saturated rings. The summed E-state index contributed by atoms with van der Waals surface area (Å²) in [5.74, 6) is 1.69. The van der Waals surface area contributed by atoms with Crippen LogP contribution in [0.2, 0.25) is 0 Å². The Balaban J connectivity index is 2.01. The highest BCUT2D eigenvalue weighted by molar-refractivity contribution is 5.95. The standard InChI is InChI=1S/C18H28N2O3/c1-12-9-16(22-2)17(23-3)11-15(12)20-18(21)14(19)10-13-7-5-4-6-8-13/h9,11,13-14H,4-8,10,19H2,1-3H3,(H,20,21). The van der Waals surface area contributed by atoms with E-state index in [2.05, 4.69) is 5.32 Å². The van der Waals surface area contributed by atoms with E-state index in [4.69, 9.17) is 15.2 Å². The molecule has 0 radical (unpaired) electrons. The number of methoxy groups -OCH3 is 2. The van der Waals surface area contributed by atoms with Crippen LogP contribution in [0.15, 0.2) is 12.1 Å². The molecule has 5 nitrogen and oxygen atoms in total. The number of carbonyl (C=O) groups is 1. The van der Waals surface area contributed by atoms with Crippen molar-refractivity contribution < 1.29 is 14.3 Å². The van der Waals surface area contributed by atoms with Crippen molar-refractivity contribution in [2.45, 2.75) is 51.5 Å². The van der Waals surface area contributed by atoms with E-state index < -0.39 is 6.04 Å². The lowest BCUT2D eigenvalue weighted by molar-refractivity contribution is -0.117. The van der Waals surface area contributed by atoms with Gasteiger partial charge in [-0.1, -0.05) is 32.1 Å². The summed E-state index contributed by atoms with van der Waals surface area (Å²) in [6, 6.07) is 3.16. The summed E-state index contributed by atoms with van der Waals surface area (Å²) in [6.07, 6.45) is 6.97. The Morgan fingerprint density at radius 3 is 2.43 bits per heavy atom. The third kappa shape index (κ3) is 4.61. The van der Waals surface area contributed by atoms with Gasteiger partial charge < -0.3 is 20.5 Å². The Kier molecular flexibility index (Phi) is 6.28. The molecule has 1 aromatic rings. The number of hydrogen-bond donors (Lipinski definition) is 2. The molecule has 1 atom stereocenters. The molecule has 0 aliphatic heterocycles. The van der Waals surface area contributed by atoms with Crippen molar-refractivity contribution in [2.75, 3.05) is 19.5 Å². The first-order chi connectivity index (χ1) is 11.0. The fourth-order valence-electron chi connectivity index (χ4n) is 3.23. The summed E-state index contributed by atoms with van der Waals surface area (Å²) >= 11 is 0. The monoisotopic (exact) mass is 320 g/mol. The average molecular weight is 320 g/mol. The van der Waals surface area contributed by atoms with Crippen molar-refractivity contribution in [2.24, 2.45) is 11.7 Å². The SMILES string of the molecule is COc1cc(C)c(NC(=O)C(N)CC2CCCCC2)cc1OC. The molecule has 0 saturated heterocycles. The van der Waals surface area contributed by atoms with E-state index in [1.54, 1.807) is 20.3 Å². The van der Waals surface area contributed by atoms with Gasteiger partial charge in [-0.05, 0) is 30.9 Å².